The topological polar surface area (TPSA) is 59.1 Å². The van der Waals surface area contributed by atoms with E-state index in [9.17, 15) is 8.42 Å². The van der Waals surface area contributed by atoms with Crippen LogP contribution in [0.5, 0.6) is 0 Å². The van der Waals surface area contributed by atoms with Crippen LogP contribution in [0.15, 0.2) is 46.7 Å². The first-order valence-corrected chi connectivity index (χ1v) is 12.2. The van der Waals surface area contributed by atoms with Crippen LogP contribution in [-0.4, -0.2) is 13.4 Å². The Balaban J connectivity index is 1.78. The van der Waals surface area contributed by atoms with Crippen LogP contribution in [0.1, 0.15) is 5.56 Å². The van der Waals surface area contributed by atoms with E-state index in [4.69, 9.17) is 34.8 Å². The lowest BCUT2D eigenvalue weighted by Crippen LogP contribution is -2.13. The molecule has 0 fully saturated rings. The minimum Gasteiger partial charge on any atom is -0.270 e. The molecular weight excluding hydrogens is 479 g/mol. The van der Waals surface area contributed by atoms with Gasteiger partial charge in [-0.1, -0.05) is 46.9 Å². The minimum atomic E-state index is -3.97. The fourth-order valence-electron chi connectivity index (χ4n) is 2.65. The van der Waals surface area contributed by atoms with Crippen molar-refractivity contribution in [1.82, 2.24) is 4.98 Å². The lowest BCUT2D eigenvalue weighted by Gasteiger charge is -2.11. The quantitative estimate of drug-likeness (QED) is 0.311. The zero-order valence-corrected chi connectivity index (χ0v) is 18.9. The third kappa shape index (κ3) is 3.63. The van der Waals surface area contributed by atoms with Crippen LogP contribution in [0, 0.1) is 6.92 Å². The van der Waals surface area contributed by atoms with Gasteiger partial charge in [-0.25, -0.2) is 13.4 Å². The number of halogens is 3. The van der Waals surface area contributed by atoms with E-state index in [2.05, 4.69) is 9.71 Å². The van der Waals surface area contributed by atoms with Gasteiger partial charge in [-0.3, -0.25) is 4.72 Å². The van der Waals surface area contributed by atoms with E-state index < -0.39 is 10.0 Å². The Kier molecular flexibility index (Phi) is 5.33. The zero-order valence-electron chi connectivity index (χ0n) is 14.2. The van der Waals surface area contributed by atoms with Crippen LogP contribution >= 0.6 is 57.5 Å². The van der Waals surface area contributed by atoms with Crippen LogP contribution in [0.4, 0.5) is 5.00 Å². The largest absolute Gasteiger partial charge is 0.270 e. The Bertz CT molecular complexity index is 1280. The van der Waals surface area contributed by atoms with Gasteiger partial charge >= 0.3 is 0 Å². The van der Waals surface area contributed by atoms with Crippen molar-refractivity contribution in [2.75, 3.05) is 4.72 Å². The molecule has 1 N–H and O–H groups in total. The number of anilines is 1. The summed E-state index contributed by atoms with van der Waals surface area (Å²) in [7, 11) is -3.97. The molecule has 0 saturated carbocycles. The molecule has 2 heterocycles. The standard InChI is InChI=1S/C18H11Cl3N2O2S3/c1-9-8-26-18(16(9)17-22-13-4-2-3-5-14(13)27-17)23-28(24,25)15-7-11(20)10(19)6-12(15)21/h2-8,23H,1H3. The molecule has 0 aliphatic carbocycles. The first kappa shape index (κ1) is 19.9. The lowest BCUT2D eigenvalue weighted by molar-refractivity contribution is 0.601. The Morgan fingerprint density at radius 2 is 1.75 bits per heavy atom. The van der Waals surface area contributed by atoms with Crippen molar-refractivity contribution in [3.8, 4) is 10.6 Å². The van der Waals surface area contributed by atoms with Crippen LogP contribution in [0.2, 0.25) is 15.1 Å². The van der Waals surface area contributed by atoms with E-state index in [0.717, 1.165) is 26.4 Å². The van der Waals surface area contributed by atoms with Gasteiger partial charge in [0.25, 0.3) is 10.0 Å². The van der Waals surface area contributed by atoms with E-state index in [1.54, 1.807) is 0 Å². The van der Waals surface area contributed by atoms with Gasteiger partial charge in [-0.2, -0.15) is 0 Å². The number of benzene rings is 2. The fraction of sp³-hybridized carbons (Fsp3) is 0.0556. The maximum absolute atomic E-state index is 12.9. The molecule has 4 rings (SSSR count). The Morgan fingerprint density at radius 3 is 2.50 bits per heavy atom. The molecule has 0 bridgehead atoms. The summed E-state index contributed by atoms with van der Waals surface area (Å²) in [6.45, 7) is 1.92. The molecule has 10 heteroatoms. The number of aryl methyl sites for hydroxylation is 1. The van der Waals surface area contributed by atoms with Crippen molar-refractivity contribution in [3.63, 3.8) is 0 Å². The molecule has 0 radical (unpaired) electrons. The Hall–Kier alpha value is -1.35. The number of aromatic nitrogens is 1. The molecule has 2 aromatic heterocycles. The zero-order chi connectivity index (χ0) is 20.1. The lowest BCUT2D eigenvalue weighted by atomic mass is 10.2. The summed E-state index contributed by atoms with van der Waals surface area (Å²) < 4.78 is 29.5. The van der Waals surface area contributed by atoms with Crippen molar-refractivity contribution in [1.29, 1.82) is 0 Å². The Labute approximate surface area is 184 Å². The maximum atomic E-state index is 12.9. The van der Waals surface area contributed by atoms with Crippen molar-refractivity contribution in [2.24, 2.45) is 0 Å². The third-order valence-corrected chi connectivity index (χ3v) is 8.71. The van der Waals surface area contributed by atoms with Gasteiger partial charge in [0.1, 0.15) is 14.9 Å². The highest BCUT2D eigenvalue weighted by molar-refractivity contribution is 7.93. The van der Waals surface area contributed by atoms with Crippen LogP contribution in [0.25, 0.3) is 20.8 Å². The number of thiophene rings is 1. The van der Waals surface area contributed by atoms with Gasteiger partial charge in [0.2, 0.25) is 0 Å². The third-order valence-electron chi connectivity index (χ3n) is 3.97. The summed E-state index contributed by atoms with van der Waals surface area (Å²) in [5.41, 5.74) is 2.56. The summed E-state index contributed by atoms with van der Waals surface area (Å²) in [5, 5.41) is 3.40. The van der Waals surface area contributed by atoms with Crippen LogP contribution < -0.4 is 4.72 Å². The highest BCUT2D eigenvalue weighted by Gasteiger charge is 2.24. The van der Waals surface area contributed by atoms with Crippen molar-refractivity contribution in [2.45, 2.75) is 11.8 Å². The second-order valence-corrected chi connectivity index (χ2v) is 10.7. The van der Waals surface area contributed by atoms with E-state index in [-0.39, 0.29) is 20.0 Å². The predicted octanol–water partition coefficient (Wildman–Crippen LogP) is 7.09. The van der Waals surface area contributed by atoms with Gasteiger partial charge in [-0.05, 0) is 42.1 Å². The van der Waals surface area contributed by atoms with Gasteiger partial charge in [0.05, 0.1) is 25.3 Å². The average Bonchev–Trinajstić information content (AvgIpc) is 3.20. The number of nitrogens with one attached hydrogen (secondary N) is 1. The molecule has 4 aromatic rings. The van der Waals surface area contributed by atoms with Gasteiger partial charge in [0, 0.05) is 5.56 Å². The molecule has 28 heavy (non-hydrogen) atoms. The Morgan fingerprint density at radius 1 is 1.04 bits per heavy atom. The van der Waals surface area contributed by atoms with Crippen LogP contribution in [0.3, 0.4) is 0 Å². The second-order valence-electron chi connectivity index (χ2n) is 5.91. The monoisotopic (exact) mass is 488 g/mol. The first-order valence-electron chi connectivity index (χ1n) is 7.87. The molecule has 0 atom stereocenters. The molecule has 4 nitrogen and oxygen atoms in total. The molecule has 0 amide bonds. The van der Waals surface area contributed by atoms with Gasteiger partial charge in [-0.15, -0.1) is 22.7 Å². The number of para-hydroxylation sites is 1. The molecule has 0 aliphatic rings. The molecule has 144 valence electrons. The summed E-state index contributed by atoms with van der Waals surface area (Å²) in [5.74, 6) is 0. The SMILES string of the molecule is Cc1csc(NS(=O)(=O)c2cc(Cl)c(Cl)cc2Cl)c1-c1nc2ccccc2s1. The first-order chi connectivity index (χ1) is 13.3. The number of rotatable bonds is 4. The van der Waals surface area contributed by atoms with E-state index in [1.807, 2.05) is 36.6 Å². The summed E-state index contributed by atoms with van der Waals surface area (Å²) in [6, 6.07) is 10.3. The molecular formula is C18H11Cl3N2O2S3. The molecule has 0 unspecified atom stereocenters. The van der Waals surface area contributed by atoms with Gasteiger partial charge < -0.3 is 0 Å². The average molecular weight is 490 g/mol. The van der Waals surface area contributed by atoms with E-state index >= 15 is 0 Å². The number of fused-ring (bicyclic) bond motifs is 1. The highest BCUT2D eigenvalue weighted by Crippen LogP contribution is 2.42. The van der Waals surface area contributed by atoms with E-state index in [0.29, 0.717) is 5.00 Å². The van der Waals surface area contributed by atoms with Crippen molar-refractivity contribution < 1.29 is 8.42 Å². The number of hydrogen-bond acceptors (Lipinski definition) is 5. The molecule has 0 saturated heterocycles. The predicted molar refractivity (Wildman–Crippen MR) is 120 cm³/mol. The van der Waals surface area contributed by atoms with Crippen molar-refractivity contribution >= 4 is 82.7 Å². The fourth-order valence-corrected chi connectivity index (χ4v) is 7.07. The number of hydrogen-bond donors (Lipinski definition) is 1. The second kappa shape index (κ2) is 7.48. The number of sulfonamides is 1. The minimum absolute atomic E-state index is 0.00304. The molecule has 2 aromatic carbocycles. The highest BCUT2D eigenvalue weighted by atomic mass is 35.5. The summed E-state index contributed by atoms with van der Waals surface area (Å²) in [6.07, 6.45) is 0. The smallest absolute Gasteiger partial charge is 0.264 e. The normalized spacial score (nSPS) is 11.9. The van der Waals surface area contributed by atoms with Crippen LogP contribution in [-0.2, 0) is 10.0 Å². The van der Waals surface area contributed by atoms with E-state index in [1.165, 1.54) is 34.8 Å². The maximum Gasteiger partial charge on any atom is 0.264 e. The molecule has 0 aliphatic heterocycles. The summed E-state index contributed by atoms with van der Waals surface area (Å²) >= 11 is 20.8. The number of thiazole rings is 1. The summed E-state index contributed by atoms with van der Waals surface area (Å²) in [4.78, 5) is 4.51. The number of nitrogens with zero attached hydrogens (tertiary/aromatic N) is 1. The van der Waals surface area contributed by atoms with Crippen molar-refractivity contribution in [3.05, 3.63) is 62.4 Å². The van der Waals surface area contributed by atoms with Gasteiger partial charge in [0.15, 0.2) is 0 Å². The molecule has 0 spiro atoms.